The largest absolute Gasteiger partial charge is 0.359 e. The molecule has 1 aromatic rings. The molecule has 11 heavy (non-hydrogen) atoms. The van der Waals surface area contributed by atoms with Crippen molar-refractivity contribution in [3.8, 4) is 0 Å². The molecule has 0 saturated heterocycles. The zero-order chi connectivity index (χ0) is 8.27. The van der Waals surface area contributed by atoms with Gasteiger partial charge in [0.05, 0.1) is 11.7 Å². The smallest absolute Gasteiger partial charge is 0.195 e. The summed E-state index contributed by atoms with van der Waals surface area (Å²) in [4.78, 5) is 14.1. The molecule has 1 atom stereocenters. The number of nitrogens with one attached hydrogen (secondary N) is 1. The zero-order valence-electron chi connectivity index (χ0n) is 6.50. The first kappa shape index (κ1) is 8.01. The Bertz CT molecular complexity index is 228. The molecule has 0 amide bonds. The molecule has 1 heterocycles. The summed E-state index contributed by atoms with van der Waals surface area (Å²) in [5, 5.41) is 0. The standard InChI is InChI=1S/C8H12N2O/c1-2-6(9)8(11)7-4-3-5-10-7/h3-6,10H,2,9H2,1H3/t6-/m1/s1. The summed E-state index contributed by atoms with van der Waals surface area (Å²) in [5.74, 6) is -0.0162. The molecule has 0 unspecified atom stereocenters. The minimum Gasteiger partial charge on any atom is -0.359 e. The zero-order valence-corrected chi connectivity index (χ0v) is 6.50. The van der Waals surface area contributed by atoms with Gasteiger partial charge in [0.2, 0.25) is 0 Å². The SMILES string of the molecule is CC[C@@H](N)C(=O)c1ccc[nH]1. The minimum absolute atomic E-state index is 0.0162. The number of hydrogen-bond donors (Lipinski definition) is 2. The molecule has 0 aliphatic carbocycles. The monoisotopic (exact) mass is 152 g/mol. The van der Waals surface area contributed by atoms with E-state index in [9.17, 15) is 4.79 Å². The van der Waals surface area contributed by atoms with Gasteiger partial charge >= 0.3 is 0 Å². The summed E-state index contributed by atoms with van der Waals surface area (Å²) >= 11 is 0. The predicted molar refractivity (Wildman–Crippen MR) is 43.4 cm³/mol. The van der Waals surface area contributed by atoms with Crippen LogP contribution < -0.4 is 5.73 Å². The summed E-state index contributed by atoms with van der Waals surface area (Å²) in [6.07, 6.45) is 2.40. The van der Waals surface area contributed by atoms with E-state index in [0.717, 1.165) is 0 Å². The number of aromatic nitrogens is 1. The van der Waals surface area contributed by atoms with E-state index in [4.69, 9.17) is 5.73 Å². The Kier molecular flexibility index (Phi) is 2.44. The van der Waals surface area contributed by atoms with Crippen molar-refractivity contribution in [2.75, 3.05) is 0 Å². The quantitative estimate of drug-likeness (QED) is 0.633. The molecule has 0 saturated carbocycles. The molecule has 0 aromatic carbocycles. The van der Waals surface area contributed by atoms with E-state index in [-0.39, 0.29) is 11.8 Å². The Balaban J connectivity index is 2.70. The Morgan fingerprint density at radius 2 is 2.55 bits per heavy atom. The highest BCUT2D eigenvalue weighted by Crippen LogP contribution is 2.00. The highest BCUT2D eigenvalue weighted by Gasteiger charge is 2.13. The number of nitrogens with two attached hydrogens (primary N) is 1. The highest BCUT2D eigenvalue weighted by atomic mass is 16.1. The normalized spacial score (nSPS) is 12.9. The summed E-state index contributed by atoms with van der Waals surface area (Å²) in [5.41, 5.74) is 6.13. The fourth-order valence-corrected chi connectivity index (χ4v) is 0.869. The van der Waals surface area contributed by atoms with Crippen molar-refractivity contribution in [1.29, 1.82) is 0 Å². The lowest BCUT2D eigenvalue weighted by molar-refractivity contribution is 0.0955. The van der Waals surface area contributed by atoms with E-state index in [1.165, 1.54) is 0 Å². The maximum Gasteiger partial charge on any atom is 0.195 e. The summed E-state index contributed by atoms with van der Waals surface area (Å²) in [7, 11) is 0. The van der Waals surface area contributed by atoms with Crippen molar-refractivity contribution in [2.24, 2.45) is 5.73 Å². The van der Waals surface area contributed by atoms with Crippen LogP contribution in [0.15, 0.2) is 18.3 Å². The van der Waals surface area contributed by atoms with Crippen molar-refractivity contribution in [2.45, 2.75) is 19.4 Å². The molecule has 0 bridgehead atoms. The molecule has 0 spiro atoms. The van der Waals surface area contributed by atoms with Crippen molar-refractivity contribution in [3.63, 3.8) is 0 Å². The second-order valence-corrected chi connectivity index (χ2v) is 2.46. The molecule has 0 aliphatic rings. The van der Waals surface area contributed by atoms with E-state index < -0.39 is 0 Å². The number of aromatic amines is 1. The maximum absolute atomic E-state index is 11.3. The second-order valence-electron chi connectivity index (χ2n) is 2.46. The van der Waals surface area contributed by atoms with Gasteiger partial charge in [-0.25, -0.2) is 0 Å². The summed E-state index contributed by atoms with van der Waals surface area (Å²) in [6.45, 7) is 1.89. The van der Waals surface area contributed by atoms with Crippen LogP contribution in [0.3, 0.4) is 0 Å². The van der Waals surface area contributed by atoms with Gasteiger partial charge < -0.3 is 10.7 Å². The second kappa shape index (κ2) is 3.34. The number of carbonyl (C=O) groups excluding carboxylic acids is 1. The number of carbonyl (C=O) groups is 1. The Morgan fingerprint density at radius 3 is 3.00 bits per heavy atom. The summed E-state index contributed by atoms with van der Waals surface area (Å²) < 4.78 is 0. The molecule has 0 aliphatic heterocycles. The number of Topliss-reactive ketones (excluding diaryl/α,β-unsaturated/α-hetero) is 1. The van der Waals surface area contributed by atoms with Gasteiger partial charge in [-0.05, 0) is 18.6 Å². The molecule has 3 N–H and O–H groups in total. The Morgan fingerprint density at radius 1 is 1.82 bits per heavy atom. The molecule has 1 aromatic heterocycles. The van der Waals surface area contributed by atoms with Crippen molar-refractivity contribution in [1.82, 2.24) is 4.98 Å². The van der Waals surface area contributed by atoms with E-state index in [1.807, 2.05) is 6.92 Å². The Labute approximate surface area is 65.6 Å². The minimum atomic E-state index is -0.367. The highest BCUT2D eigenvalue weighted by molar-refractivity contribution is 5.98. The number of hydrogen-bond acceptors (Lipinski definition) is 2. The number of H-pyrrole nitrogens is 1. The van der Waals surface area contributed by atoms with Crippen LogP contribution in [0, 0.1) is 0 Å². The average molecular weight is 152 g/mol. The third kappa shape index (κ3) is 1.68. The van der Waals surface area contributed by atoms with Crippen LogP contribution in [0.25, 0.3) is 0 Å². The van der Waals surface area contributed by atoms with Gasteiger partial charge in [-0.15, -0.1) is 0 Å². The number of ketones is 1. The third-order valence-corrected chi connectivity index (χ3v) is 1.64. The maximum atomic E-state index is 11.3. The van der Waals surface area contributed by atoms with Crippen LogP contribution in [-0.4, -0.2) is 16.8 Å². The van der Waals surface area contributed by atoms with Crippen molar-refractivity contribution >= 4 is 5.78 Å². The fraction of sp³-hybridized carbons (Fsp3) is 0.375. The van der Waals surface area contributed by atoms with Crippen LogP contribution >= 0.6 is 0 Å². The van der Waals surface area contributed by atoms with E-state index in [2.05, 4.69) is 4.98 Å². The topological polar surface area (TPSA) is 58.9 Å². The van der Waals surface area contributed by atoms with Gasteiger partial charge in [0, 0.05) is 6.20 Å². The van der Waals surface area contributed by atoms with E-state index in [0.29, 0.717) is 12.1 Å². The van der Waals surface area contributed by atoms with Crippen LogP contribution in [0.5, 0.6) is 0 Å². The van der Waals surface area contributed by atoms with Crippen LogP contribution in [0.2, 0.25) is 0 Å². The van der Waals surface area contributed by atoms with Crippen LogP contribution in [0.1, 0.15) is 23.8 Å². The fourth-order valence-electron chi connectivity index (χ4n) is 0.869. The van der Waals surface area contributed by atoms with Gasteiger partial charge in [-0.3, -0.25) is 4.79 Å². The van der Waals surface area contributed by atoms with Gasteiger partial charge in [0.25, 0.3) is 0 Å². The van der Waals surface area contributed by atoms with E-state index >= 15 is 0 Å². The first-order chi connectivity index (χ1) is 5.25. The van der Waals surface area contributed by atoms with Gasteiger partial charge in [-0.1, -0.05) is 6.92 Å². The molecule has 60 valence electrons. The van der Waals surface area contributed by atoms with Gasteiger partial charge in [-0.2, -0.15) is 0 Å². The molecule has 0 radical (unpaired) electrons. The molecule has 0 fully saturated rings. The molecule has 1 rings (SSSR count). The van der Waals surface area contributed by atoms with Gasteiger partial charge in [0.15, 0.2) is 5.78 Å². The van der Waals surface area contributed by atoms with Crippen molar-refractivity contribution in [3.05, 3.63) is 24.0 Å². The lowest BCUT2D eigenvalue weighted by atomic mass is 10.1. The van der Waals surface area contributed by atoms with Crippen LogP contribution in [0.4, 0.5) is 0 Å². The first-order valence-corrected chi connectivity index (χ1v) is 3.69. The number of rotatable bonds is 3. The lowest BCUT2D eigenvalue weighted by Gasteiger charge is -2.04. The summed E-state index contributed by atoms with van der Waals surface area (Å²) in [6, 6.07) is 3.15. The Hall–Kier alpha value is -1.09. The molecule has 3 heteroatoms. The molecule has 3 nitrogen and oxygen atoms in total. The van der Waals surface area contributed by atoms with E-state index in [1.54, 1.807) is 18.3 Å². The predicted octanol–water partition coefficient (Wildman–Crippen LogP) is 0.935. The first-order valence-electron chi connectivity index (χ1n) is 3.69. The third-order valence-electron chi connectivity index (χ3n) is 1.64. The lowest BCUT2D eigenvalue weighted by Crippen LogP contribution is -2.29. The average Bonchev–Trinajstić information content (AvgIpc) is 2.53. The molecular weight excluding hydrogens is 140 g/mol. The van der Waals surface area contributed by atoms with Crippen molar-refractivity contribution < 1.29 is 4.79 Å². The van der Waals surface area contributed by atoms with Crippen LogP contribution in [-0.2, 0) is 0 Å². The molecular formula is C8H12N2O. The van der Waals surface area contributed by atoms with Gasteiger partial charge in [0.1, 0.15) is 0 Å².